The Morgan fingerprint density at radius 3 is 2.27 bits per heavy atom. The Morgan fingerprint density at radius 2 is 1.69 bits per heavy atom. The van der Waals surface area contributed by atoms with Gasteiger partial charge in [0.2, 0.25) is 0 Å². The molecule has 0 aliphatic heterocycles. The van der Waals surface area contributed by atoms with Gasteiger partial charge in [-0.3, -0.25) is 9.79 Å². The molecule has 3 N–H and O–H groups in total. The smallest absolute Gasteiger partial charge is 0.251 e. The molecule has 0 unspecified atom stereocenters. The van der Waals surface area contributed by atoms with E-state index in [2.05, 4.69) is 34.8 Å². The van der Waals surface area contributed by atoms with Crippen LogP contribution in [0, 0.1) is 5.92 Å². The number of nitrogens with one attached hydrogen (secondary N) is 3. The van der Waals surface area contributed by atoms with Gasteiger partial charge in [-0.1, -0.05) is 51.7 Å². The lowest BCUT2D eigenvalue weighted by atomic mass is 10.0. The Balaban J connectivity index is 0.00000625. The highest BCUT2D eigenvalue weighted by Crippen LogP contribution is 2.09. The molecule has 1 rings (SSSR count). The molecule has 148 valence electrons. The number of guanidine groups is 1. The van der Waals surface area contributed by atoms with Crippen molar-refractivity contribution in [3.63, 3.8) is 0 Å². The third kappa shape index (κ3) is 10.6. The Hall–Kier alpha value is -1.31. The average Bonchev–Trinajstić information content (AvgIpc) is 2.62. The highest BCUT2D eigenvalue weighted by molar-refractivity contribution is 14.0. The zero-order valence-corrected chi connectivity index (χ0v) is 18.9. The molecule has 1 aromatic carbocycles. The monoisotopic (exact) mass is 474 g/mol. The summed E-state index contributed by atoms with van der Waals surface area (Å²) >= 11 is 0. The topological polar surface area (TPSA) is 65.5 Å². The van der Waals surface area contributed by atoms with Gasteiger partial charge in [-0.2, -0.15) is 0 Å². The summed E-state index contributed by atoms with van der Waals surface area (Å²) in [7, 11) is 3.42. The van der Waals surface area contributed by atoms with Crippen LogP contribution in [-0.4, -0.2) is 32.5 Å². The fraction of sp³-hybridized carbons (Fsp3) is 0.600. The lowest BCUT2D eigenvalue weighted by molar-refractivity contribution is 0.0963. The van der Waals surface area contributed by atoms with E-state index in [4.69, 9.17) is 0 Å². The van der Waals surface area contributed by atoms with Crippen molar-refractivity contribution in [1.82, 2.24) is 16.0 Å². The first kappa shape index (κ1) is 24.7. The van der Waals surface area contributed by atoms with Crippen LogP contribution in [-0.2, 0) is 6.54 Å². The van der Waals surface area contributed by atoms with Gasteiger partial charge in [0, 0.05) is 32.7 Å². The first-order chi connectivity index (χ1) is 12.1. The van der Waals surface area contributed by atoms with Crippen molar-refractivity contribution in [2.45, 2.75) is 52.5 Å². The number of nitrogens with zero attached hydrogens (tertiary/aromatic N) is 1. The molecule has 0 atom stereocenters. The van der Waals surface area contributed by atoms with Crippen LogP contribution in [0.1, 0.15) is 61.9 Å². The minimum atomic E-state index is -0.0645. The molecule has 0 aliphatic carbocycles. The molecular weight excluding hydrogens is 439 g/mol. The molecule has 0 heterocycles. The molecule has 5 nitrogen and oxygen atoms in total. The zero-order valence-electron chi connectivity index (χ0n) is 16.6. The number of carbonyl (C=O) groups excluding carboxylic acids is 1. The molecule has 0 saturated heterocycles. The van der Waals surface area contributed by atoms with E-state index in [1.165, 1.54) is 32.1 Å². The Bertz CT molecular complexity index is 529. The summed E-state index contributed by atoms with van der Waals surface area (Å²) in [5.41, 5.74) is 1.79. The number of hydrogen-bond donors (Lipinski definition) is 3. The minimum Gasteiger partial charge on any atom is -0.356 e. The molecule has 0 saturated carbocycles. The third-order valence-corrected chi connectivity index (χ3v) is 4.13. The lowest BCUT2D eigenvalue weighted by Gasteiger charge is -2.12. The molecular formula is C20H35IN4O. The Kier molecular flexibility index (Phi) is 14.1. The average molecular weight is 474 g/mol. The quantitative estimate of drug-likeness (QED) is 0.208. The zero-order chi connectivity index (χ0) is 18.5. The highest BCUT2D eigenvalue weighted by atomic mass is 127. The fourth-order valence-electron chi connectivity index (χ4n) is 2.56. The second-order valence-electron chi connectivity index (χ2n) is 6.73. The number of unbranched alkanes of at least 4 members (excludes halogenated alkanes) is 3. The van der Waals surface area contributed by atoms with Gasteiger partial charge in [-0.15, -0.1) is 24.0 Å². The van der Waals surface area contributed by atoms with Crippen molar-refractivity contribution in [1.29, 1.82) is 0 Å². The van der Waals surface area contributed by atoms with Gasteiger partial charge in [0.25, 0.3) is 5.91 Å². The number of halogens is 1. The van der Waals surface area contributed by atoms with Gasteiger partial charge in [0.1, 0.15) is 0 Å². The molecule has 0 radical (unpaired) electrons. The van der Waals surface area contributed by atoms with Crippen LogP contribution in [0.15, 0.2) is 29.3 Å². The van der Waals surface area contributed by atoms with E-state index in [-0.39, 0.29) is 29.9 Å². The predicted molar refractivity (Wildman–Crippen MR) is 121 cm³/mol. The predicted octanol–water partition coefficient (Wildman–Crippen LogP) is 3.94. The Labute approximate surface area is 175 Å². The van der Waals surface area contributed by atoms with Crippen molar-refractivity contribution in [2.75, 3.05) is 20.6 Å². The fourth-order valence-corrected chi connectivity index (χ4v) is 2.56. The summed E-state index contributed by atoms with van der Waals surface area (Å²) in [4.78, 5) is 15.8. The Morgan fingerprint density at radius 1 is 1.04 bits per heavy atom. The van der Waals surface area contributed by atoms with Crippen LogP contribution in [0.4, 0.5) is 0 Å². The first-order valence-corrected chi connectivity index (χ1v) is 9.32. The van der Waals surface area contributed by atoms with Gasteiger partial charge in [0.05, 0.1) is 0 Å². The summed E-state index contributed by atoms with van der Waals surface area (Å²) < 4.78 is 0. The maximum absolute atomic E-state index is 11.5. The molecule has 6 heteroatoms. The number of aliphatic imine (C=N–C) groups is 1. The van der Waals surface area contributed by atoms with Gasteiger partial charge in [0.15, 0.2) is 5.96 Å². The molecule has 0 fully saturated rings. The molecule has 0 bridgehead atoms. The van der Waals surface area contributed by atoms with Crippen LogP contribution < -0.4 is 16.0 Å². The van der Waals surface area contributed by atoms with E-state index >= 15 is 0 Å². The van der Waals surface area contributed by atoms with Crippen molar-refractivity contribution in [3.05, 3.63) is 35.4 Å². The standard InChI is InChI=1S/C20H34N4O.HI/c1-16(2)9-7-5-6-8-14-23-20(22-4)24-15-17-10-12-18(13-11-17)19(25)21-3;/h10-13,16H,5-9,14-15H2,1-4H3,(H,21,25)(H2,22,23,24);1H. The third-order valence-electron chi connectivity index (χ3n) is 4.13. The van der Waals surface area contributed by atoms with E-state index in [0.717, 1.165) is 24.0 Å². The van der Waals surface area contributed by atoms with E-state index in [1.807, 2.05) is 24.3 Å². The van der Waals surface area contributed by atoms with Crippen LogP contribution in [0.25, 0.3) is 0 Å². The van der Waals surface area contributed by atoms with Crippen molar-refractivity contribution in [3.8, 4) is 0 Å². The van der Waals surface area contributed by atoms with Crippen LogP contribution in [0.2, 0.25) is 0 Å². The van der Waals surface area contributed by atoms with Crippen molar-refractivity contribution in [2.24, 2.45) is 10.9 Å². The molecule has 1 amide bonds. The lowest BCUT2D eigenvalue weighted by Crippen LogP contribution is -2.37. The van der Waals surface area contributed by atoms with Crippen LogP contribution >= 0.6 is 24.0 Å². The van der Waals surface area contributed by atoms with Crippen LogP contribution in [0.3, 0.4) is 0 Å². The molecule has 1 aromatic rings. The maximum Gasteiger partial charge on any atom is 0.251 e. The normalized spacial score (nSPS) is 11.0. The number of amides is 1. The molecule has 0 spiro atoms. The summed E-state index contributed by atoms with van der Waals surface area (Å²) in [6, 6.07) is 7.59. The summed E-state index contributed by atoms with van der Waals surface area (Å²) in [6.45, 7) is 6.19. The van der Waals surface area contributed by atoms with Crippen LogP contribution in [0.5, 0.6) is 0 Å². The number of rotatable bonds is 10. The maximum atomic E-state index is 11.5. The van der Waals surface area contributed by atoms with E-state index in [1.54, 1.807) is 14.1 Å². The second kappa shape index (κ2) is 14.8. The summed E-state index contributed by atoms with van der Waals surface area (Å²) in [5.74, 6) is 1.56. The van der Waals surface area contributed by atoms with Crippen molar-refractivity contribution >= 4 is 35.8 Å². The highest BCUT2D eigenvalue weighted by Gasteiger charge is 2.03. The molecule has 26 heavy (non-hydrogen) atoms. The first-order valence-electron chi connectivity index (χ1n) is 9.32. The molecule has 0 aliphatic rings. The molecule has 0 aromatic heterocycles. The number of carbonyl (C=O) groups is 1. The second-order valence-corrected chi connectivity index (χ2v) is 6.73. The number of hydrogen-bond acceptors (Lipinski definition) is 2. The van der Waals surface area contributed by atoms with Gasteiger partial charge < -0.3 is 16.0 Å². The van der Waals surface area contributed by atoms with Gasteiger partial charge in [-0.25, -0.2) is 0 Å². The van der Waals surface area contributed by atoms with Crippen molar-refractivity contribution < 1.29 is 4.79 Å². The summed E-state index contributed by atoms with van der Waals surface area (Å²) in [6.07, 6.45) is 6.40. The van der Waals surface area contributed by atoms with E-state index in [0.29, 0.717) is 12.1 Å². The SMILES string of the molecule is CN=C(NCCCCCCC(C)C)NCc1ccc(C(=O)NC)cc1.I. The van der Waals surface area contributed by atoms with Gasteiger partial charge >= 0.3 is 0 Å². The minimum absolute atomic E-state index is 0. The summed E-state index contributed by atoms with van der Waals surface area (Å²) in [5, 5.41) is 9.28. The number of benzene rings is 1. The van der Waals surface area contributed by atoms with Gasteiger partial charge in [-0.05, 0) is 30.0 Å². The van der Waals surface area contributed by atoms with E-state index in [9.17, 15) is 4.79 Å². The van der Waals surface area contributed by atoms with E-state index < -0.39 is 0 Å². The largest absolute Gasteiger partial charge is 0.356 e.